The quantitative estimate of drug-likeness (QED) is 0.815. The van der Waals surface area contributed by atoms with E-state index in [-0.39, 0.29) is 11.9 Å². The van der Waals surface area contributed by atoms with Gasteiger partial charge in [-0.25, -0.2) is 0 Å². The number of benzene rings is 1. The van der Waals surface area contributed by atoms with E-state index < -0.39 is 0 Å². The van der Waals surface area contributed by atoms with Crippen molar-refractivity contribution in [3.05, 3.63) is 35.4 Å². The molecule has 1 aliphatic rings. The smallest absolute Gasteiger partial charge is 0.239 e. The average Bonchev–Trinajstić information content (AvgIpc) is 2.79. The van der Waals surface area contributed by atoms with Gasteiger partial charge in [0.25, 0.3) is 0 Å². The van der Waals surface area contributed by atoms with Gasteiger partial charge in [0, 0.05) is 20.6 Å². The zero-order valence-electron chi connectivity index (χ0n) is 11.5. The van der Waals surface area contributed by atoms with Gasteiger partial charge in [-0.3, -0.25) is 9.69 Å². The SMILES string of the molecule is Cc1ccc(CN2CCC[C@H]2C(=O)N(C)C)cc1. The van der Waals surface area contributed by atoms with Gasteiger partial charge in [-0.05, 0) is 31.9 Å². The predicted octanol–water partition coefficient (Wildman–Crippen LogP) is 2.05. The molecule has 0 radical (unpaired) electrons. The number of amides is 1. The van der Waals surface area contributed by atoms with Gasteiger partial charge in [0.2, 0.25) is 5.91 Å². The Morgan fingerprint density at radius 1 is 1.33 bits per heavy atom. The first-order valence-corrected chi connectivity index (χ1v) is 6.58. The van der Waals surface area contributed by atoms with Gasteiger partial charge in [0.15, 0.2) is 0 Å². The molecule has 1 aromatic carbocycles. The zero-order valence-corrected chi connectivity index (χ0v) is 11.5. The van der Waals surface area contributed by atoms with Crippen molar-refractivity contribution in [2.45, 2.75) is 32.4 Å². The van der Waals surface area contributed by atoms with Crippen LogP contribution in [0.4, 0.5) is 0 Å². The highest BCUT2D eigenvalue weighted by molar-refractivity contribution is 5.81. The van der Waals surface area contributed by atoms with E-state index in [1.165, 1.54) is 11.1 Å². The summed E-state index contributed by atoms with van der Waals surface area (Å²) in [6.45, 7) is 4.00. The normalized spacial score (nSPS) is 20.1. The summed E-state index contributed by atoms with van der Waals surface area (Å²) in [5, 5.41) is 0. The van der Waals surface area contributed by atoms with Crippen molar-refractivity contribution in [1.82, 2.24) is 9.80 Å². The van der Waals surface area contributed by atoms with Gasteiger partial charge >= 0.3 is 0 Å². The van der Waals surface area contributed by atoms with E-state index in [0.717, 1.165) is 25.9 Å². The zero-order chi connectivity index (χ0) is 13.1. The van der Waals surface area contributed by atoms with E-state index in [0.29, 0.717) is 0 Å². The third-order valence-corrected chi connectivity index (χ3v) is 3.60. The minimum Gasteiger partial charge on any atom is -0.347 e. The summed E-state index contributed by atoms with van der Waals surface area (Å²) < 4.78 is 0. The maximum Gasteiger partial charge on any atom is 0.239 e. The van der Waals surface area contributed by atoms with Crippen LogP contribution in [0.3, 0.4) is 0 Å². The highest BCUT2D eigenvalue weighted by Gasteiger charge is 2.31. The van der Waals surface area contributed by atoms with Crippen molar-refractivity contribution >= 4 is 5.91 Å². The Hall–Kier alpha value is -1.35. The number of hydrogen-bond acceptors (Lipinski definition) is 2. The molecule has 0 saturated carbocycles. The fourth-order valence-corrected chi connectivity index (χ4v) is 2.52. The molecule has 1 heterocycles. The lowest BCUT2D eigenvalue weighted by molar-refractivity contribution is -0.133. The molecule has 98 valence electrons. The van der Waals surface area contributed by atoms with Crippen LogP contribution in [0, 0.1) is 6.92 Å². The minimum absolute atomic E-state index is 0.0707. The molecule has 0 bridgehead atoms. The van der Waals surface area contributed by atoms with Gasteiger partial charge < -0.3 is 4.90 Å². The Labute approximate surface area is 109 Å². The van der Waals surface area contributed by atoms with Crippen molar-refractivity contribution in [2.75, 3.05) is 20.6 Å². The lowest BCUT2D eigenvalue weighted by atomic mass is 10.1. The van der Waals surface area contributed by atoms with Crippen molar-refractivity contribution < 1.29 is 4.79 Å². The summed E-state index contributed by atoms with van der Waals surface area (Å²) in [7, 11) is 3.68. The highest BCUT2D eigenvalue weighted by Crippen LogP contribution is 2.21. The van der Waals surface area contributed by atoms with Crippen LogP contribution in [0.2, 0.25) is 0 Å². The maximum absolute atomic E-state index is 12.1. The molecule has 1 aromatic rings. The highest BCUT2D eigenvalue weighted by atomic mass is 16.2. The number of nitrogens with zero attached hydrogens (tertiary/aromatic N) is 2. The lowest BCUT2D eigenvalue weighted by Gasteiger charge is -2.26. The first-order chi connectivity index (χ1) is 8.58. The van der Waals surface area contributed by atoms with Crippen molar-refractivity contribution in [3.8, 4) is 0 Å². The number of hydrogen-bond donors (Lipinski definition) is 0. The predicted molar refractivity (Wildman–Crippen MR) is 73.3 cm³/mol. The van der Waals surface area contributed by atoms with Crippen molar-refractivity contribution in [1.29, 1.82) is 0 Å². The Morgan fingerprint density at radius 3 is 2.61 bits per heavy atom. The van der Waals surface area contributed by atoms with Gasteiger partial charge in [-0.2, -0.15) is 0 Å². The van der Waals surface area contributed by atoms with Gasteiger partial charge in [-0.1, -0.05) is 29.8 Å². The molecular formula is C15H22N2O. The Kier molecular flexibility index (Phi) is 4.02. The number of likely N-dealkylation sites (tertiary alicyclic amines) is 1. The Balaban J connectivity index is 2.04. The van der Waals surface area contributed by atoms with Crippen LogP contribution >= 0.6 is 0 Å². The summed E-state index contributed by atoms with van der Waals surface area (Å²) >= 11 is 0. The van der Waals surface area contributed by atoms with E-state index in [4.69, 9.17) is 0 Å². The summed E-state index contributed by atoms with van der Waals surface area (Å²) in [6.07, 6.45) is 2.11. The number of carbonyl (C=O) groups is 1. The van der Waals surface area contributed by atoms with Crippen LogP contribution in [0.15, 0.2) is 24.3 Å². The molecule has 1 atom stereocenters. The van der Waals surface area contributed by atoms with Crippen molar-refractivity contribution in [2.24, 2.45) is 0 Å². The monoisotopic (exact) mass is 246 g/mol. The standard InChI is InChI=1S/C15H22N2O/c1-12-6-8-13(9-7-12)11-17-10-4-5-14(17)15(18)16(2)3/h6-9,14H,4-5,10-11H2,1-3H3/t14-/m0/s1. The average molecular weight is 246 g/mol. The third kappa shape index (κ3) is 2.91. The molecule has 3 heteroatoms. The number of rotatable bonds is 3. The van der Waals surface area contributed by atoms with Crippen LogP contribution < -0.4 is 0 Å². The molecule has 1 amide bonds. The second-order valence-corrected chi connectivity index (χ2v) is 5.35. The molecular weight excluding hydrogens is 224 g/mol. The molecule has 0 aliphatic carbocycles. The van der Waals surface area contributed by atoms with Crippen LogP contribution in [0.1, 0.15) is 24.0 Å². The van der Waals surface area contributed by atoms with E-state index in [2.05, 4.69) is 36.1 Å². The molecule has 0 spiro atoms. The van der Waals surface area contributed by atoms with Crippen LogP contribution in [-0.4, -0.2) is 42.4 Å². The largest absolute Gasteiger partial charge is 0.347 e. The van der Waals surface area contributed by atoms with E-state index in [9.17, 15) is 4.79 Å². The molecule has 0 unspecified atom stereocenters. The van der Waals surface area contributed by atoms with Crippen LogP contribution in [-0.2, 0) is 11.3 Å². The molecule has 1 saturated heterocycles. The van der Waals surface area contributed by atoms with Crippen molar-refractivity contribution in [3.63, 3.8) is 0 Å². The second kappa shape index (κ2) is 5.53. The molecule has 0 aromatic heterocycles. The molecule has 1 fully saturated rings. The van der Waals surface area contributed by atoms with E-state index in [1.807, 2.05) is 14.1 Å². The van der Waals surface area contributed by atoms with Gasteiger partial charge in [0.05, 0.1) is 6.04 Å². The van der Waals surface area contributed by atoms with Crippen LogP contribution in [0.5, 0.6) is 0 Å². The molecule has 0 N–H and O–H groups in total. The van der Waals surface area contributed by atoms with E-state index >= 15 is 0 Å². The maximum atomic E-state index is 12.1. The van der Waals surface area contributed by atoms with Crippen LogP contribution in [0.25, 0.3) is 0 Å². The number of likely N-dealkylation sites (N-methyl/N-ethyl adjacent to an activating group) is 1. The summed E-state index contributed by atoms with van der Waals surface area (Å²) in [6, 6.07) is 8.65. The summed E-state index contributed by atoms with van der Waals surface area (Å²) in [5.41, 5.74) is 2.57. The molecule has 2 rings (SSSR count). The number of aryl methyl sites for hydroxylation is 1. The summed E-state index contributed by atoms with van der Waals surface area (Å²) in [4.78, 5) is 16.1. The Morgan fingerprint density at radius 2 is 2.00 bits per heavy atom. The lowest BCUT2D eigenvalue weighted by Crippen LogP contribution is -2.42. The topological polar surface area (TPSA) is 23.6 Å². The fourth-order valence-electron chi connectivity index (χ4n) is 2.52. The fraction of sp³-hybridized carbons (Fsp3) is 0.533. The van der Waals surface area contributed by atoms with E-state index in [1.54, 1.807) is 4.90 Å². The minimum atomic E-state index is 0.0707. The summed E-state index contributed by atoms with van der Waals surface area (Å²) in [5.74, 6) is 0.236. The van der Waals surface area contributed by atoms with Gasteiger partial charge in [-0.15, -0.1) is 0 Å². The third-order valence-electron chi connectivity index (χ3n) is 3.60. The Bertz CT molecular complexity index is 411. The first kappa shape index (κ1) is 13.1. The number of carbonyl (C=O) groups excluding carboxylic acids is 1. The van der Waals surface area contributed by atoms with Gasteiger partial charge in [0.1, 0.15) is 0 Å². The first-order valence-electron chi connectivity index (χ1n) is 6.58. The molecule has 1 aliphatic heterocycles. The molecule has 3 nitrogen and oxygen atoms in total. The molecule has 18 heavy (non-hydrogen) atoms. The second-order valence-electron chi connectivity index (χ2n) is 5.35.